The molecule has 2 aromatic rings. The van der Waals surface area contributed by atoms with E-state index in [9.17, 15) is 0 Å². The van der Waals surface area contributed by atoms with Gasteiger partial charge >= 0.3 is 0 Å². The van der Waals surface area contributed by atoms with E-state index >= 15 is 0 Å². The molecule has 0 fully saturated rings. The summed E-state index contributed by atoms with van der Waals surface area (Å²) in [6.07, 6.45) is 1.18. The van der Waals surface area contributed by atoms with Crippen LogP contribution in [-0.2, 0) is 12.8 Å². The highest BCUT2D eigenvalue weighted by Gasteiger charge is 2.05. The molecule has 0 bridgehead atoms. The van der Waals surface area contributed by atoms with Gasteiger partial charge in [-0.25, -0.2) is 9.97 Å². The summed E-state index contributed by atoms with van der Waals surface area (Å²) in [5, 5.41) is 14.6. The fourth-order valence-electron chi connectivity index (χ4n) is 1.21. The van der Waals surface area contributed by atoms with Crippen LogP contribution in [0.25, 0.3) is 0 Å². The van der Waals surface area contributed by atoms with Crippen LogP contribution >= 0.6 is 22.7 Å². The molecule has 0 aliphatic rings. The first-order valence-corrected chi connectivity index (χ1v) is 6.25. The number of thiazole rings is 2. The third kappa shape index (κ3) is 2.61. The van der Waals surface area contributed by atoms with Crippen molar-refractivity contribution < 1.29 is 0 Å². The minimum Gasteiger partial charge on any atom is -0.246 e. The predicted octanol–water partition coefficient (Wildman–Crippen LogP) is 2.56. The minimum atomic E-state index is 0.396. The quantitative estimate of drug-likeness (QED) is 0.821. The van der Waals surface area contributed by atoms with E-state index in [0.717, 1.165) is 27.8 Å². The van der Waals surface area contributed by atoms with Crippen molar-refractivity contribution in [3.05, 3.63) is 32.2 Å². The monoisotopic (exact) mass is 235 g/mol. The average molecular weight is 235 g/mol. The number of aryl methyl sites for hydroxylation is 1. The maximum absolute atomic E-state index is 8.53. The number of rotatable bonds is 3. The van der Waals surface area contributed by atoms with Gasteiger partial charge in [0.1, 0.15) is 0 Å². The SMILES string of the molecule is Cc1csc(Cc2nc(CC#N)cs2)n1. The summed E-state index contributed by atoms with van der Waals surface area (Å²) in [4.78, 5) is 8.75. The molecule has 76 valence electrons. The van der Waals surface area contributed by atoms with Gasteiger partial charge in [0.15, 0.2) is 0 Å². The summed E-state index contributed by atoms with van der Waals surface area (Å²) in [5.41, 5.74) is 1.93. The zero-order valence-corrected chi connectivity index (χ0v) is 9.86. The number of nitrogens with zero attached hydrogens (tertiary/aromatic N) is 3. The summed E-state index contributed by atoms with van der Waals surface area (Å²) in [5.74, 6) is 0. The van der Waals surface area contributed by atoms with Crippen molar-refractivity contribution >= 4 is 22.7 Å². The molecule has 0 spiro atoms. The van der Waals surface area contributed by atoms with E-state index < -0.39 is 0 Å². The van der Waals surface area contributed by atoms with Crippen LogP contribution in [0, 0.1) is 18.3 Å². The first kappa shape index (κ1) is 10.3. The fraction of sp³-hybridized carbons (Fsp3) is 0.300. The summed E-state index contributed by atoms with van der Waals surface area (Å²) >= 11 is 3.26. The lowest BCUT2D eigenvalue weighted by molar-refractivity contribution is 1.04. The molecular formula is C10H9N3S2. The first-order valence-electron chi connectivity index (χ1n) is 4.49. The van der Waals surface area contributed by atoms with Gasteiger partial charge in [-0.3, -0.25) is 0 Å². The molecule has 0 N–H and O–H groups in total. The van der Waals surface area contributed by atoms with Crippen molar-refractivity contribution in [3.8, 4) is 6.07 Å². The van der Waals surface area contributed by atoms with Gasteiger partial charge in [0.25, 0.3) is 0 Å². The maximum Gasteiger partial charge on any atom is 0.0997 e. The molecule has 0 aromatic carbocycles. The first-order chi connectivity index (χ1) is 7.28. The van der Waals surface area contributed by atoms with E-state index in [1.165, 1.54) is 0 Å². The van der Waals surface area contributed by atoms with Crippen molar-refractivity contribution in [2.24, 2.45) is 0 Å². The van der Waals surface area contributed by atoms with Gasteiger partial charge in [-0.15, -0.1) is 22.7 Å². The molecule has 0 atom stereocenters. The van der Waals surface area contributed by atoms with E-state index in [2.05, 4.69) is 16.0 Å². The molecule has 5 heteroatoms. The molecule has 0 radical (unpaired) electrons. The maximum atomic E-state index is 8.53. The molecule has 0 saturated carbocycles. The Morgan fingerprint density at radius 1 is 1.27 bits per heavy atom. The van der Waals surface area contributed by atoms with E-state index in [4.69, 9.17) is 5.26 Å². The molecule has 3 nitrogen and oxygen atoms in total. The van der Waals surface area contributed by atoms with Crippen LogP contribution < -0.4 is 0 Å². The van der Waals surface area contributed by atoms with Crippen LogP contribution in [-0.4, -0.2) is 9.97 Å². The molecule has 2 heterocycles. The van der Waals surface area contributed by atoms with Crippen molar-refractivity contribution in [2.45, 2.75) is 19.8 Å². The Bertz CT molecular complexity index is 493. The number of aromatic nitrogens is 2. The van der Waals surface area contributed by atoms with Crippen LogP contribution in [0.1, 0.15) is 21.4 Å². The molecular weight excluding hydrogens is 226 g/mol. The lowest BCUT2D eigenvalue weighted by Crippen LogP contribution is -1.88. The molecule has 15 heavy (non-hydrogen) atoms. The Balaban J connectivity index is 2.08. The summed E-state index contributed by atoms with van der Waals surface area (Å²) < 4.78 is 0. The Labute approximate surface area is 96.1 Å². The lowest BCUT2D eigenvalue weighted by atomic mass is 10.4. The van der Waals surface area contributed by atoms with Crippen LogP contribution in [0.15, 0.2) is 10.8 Å². The van der Waals surface area contributed by atoms with Crippen molar-refractivity contribution in [3.63, 3.8) is 0 Å². The normalized spacial score (nSPS) is 10.1. The topological polar surface area (TPSA) is 49.6 Å². The van der Waals surface area contributed by atoms with Crippen LogP contribution in [0.2, 0.25) is 0 Å². The van der Waals surface area contributed by atoms with Crippen molar-refractivity contribution in [1.29, 1.82) is 5.26 Å². The van der Waals surface area contributed by atoms with Crippen molar-refractivity contribution in [2.75, 3.05) is 0 Å². The smallest absolute Gasteiger partial charge is 0.0997 e. The molecule has 2 rings (SSSR count). The Morgan fingerprint density at radius 2 is 2.00 bits per heavy atom. The average Bonchev–Trinajstić information content (AvgIpc) is 2.78. The molecule has 0 unspecified atom stereocenters. The third-order valence-electron chi connectivity index (χ3n) is 1.83. The Hall–Kier alpha value is -1.25. The molecule has 0 aliphatic heterocycles. The lowest BCUT2D eigenvalue weighted by Gasteiger charge is -1.89. The highest BCUT2D eigenvalue weighted by Crippen LogP contribution is 2.17. The minimum absolute atomic E-state index is 0.396. The van der Waals surface area contributed by atoms with Crippen LogP contribution in [0.5, 0.6) is 0 Å². The largest absolute Gasteiger partial charge is 0.246 e. The van der Waals surface area contributed by atoms with Crippen LogP contribution in [0.3, 0.4) is 0 Å². The van der Waals surface area contributed by atoms with E-state index in [1.54, 1.807) is 22.7 Å². The van der Waals surface area contributed by atoms with Gasteiger partial charge in [-0.05, 0) is 6.92 Å². The highest BCUT2D eigenvalue weighted by molar-refractivity contribution is 7.11. The Kier molecular flexibility index (Phi) is 3.09. The van der Waals surface area contributed by atoms with Gasteiger partial charge in [-0.2, -0.15) is 5.26 Å². The van der Waals surface area contributed by atoms with Gasteiger partial charge in [0, 0.05) is 16.5 Å². The van der Waals surface area contributed by atoms with Crippen LogP contribution in [0.4, 0.5) is 0 Å². The third-order valence-corrected chi connectivity index (χ3v) is 3.69. The molecule has 2 aromatic heterocycles. The zero-order chi connectivity index (χ0) is 10.7. The van der Waals surface area contributed by atoms with Gasteiger partial charge in [-0.1, -0.05) is 0 Å². The molecule has 0 aliphatic carbocycles. The second-order valence-corrected chi connectivity index (χ2v) is 5.01. The van der Waals surface area contributed by atoms with Gasteiger partial charge in [0.2, 0.25) is 0 Å². The molecule has 0 saturated heterocycles. The van der Waals surface area contributed by atoms with E-state index in [-0.39, 0.29) is 0 Å². The number of hydrogen-bond donors (Lipinski definition) is 0. The Morgan fingerprint density at radius 3 is 2.67 bits per heavy atom. The zero-order valence-electron chi connectivity index (χ0n) is 8.23. The van der Waals surface area contributed by atoms with Gasteiger partial charge in [0.05, 0.1) is 34.6 Å². The summed E-state index contributed by atoms with van der Waals surface area (Å²) in [6, 6.07) is 2.10. The van der Waals surface area contributed by atoms with Crippen molar-refractivity contribution in [1.82, 2.24) is 9.97 Å². The molecule has 0 amide bonds. The van der Waals surface area contributed by atoms with Gasteiger partial charge < -0.3 is 0 Å². The second-order valence-electron chi connectivity index (χ2n) is 3.13. The summed E-state index contributed by atoms with van der Waals surface area (Å²) in [6.45, 7) is 1.99. The number of hydrogen-bond acceptors (Lipinski definition) is 5. The van der Waals surface area contributed by atoms with E-state index in [0.29, 0.717) is 6.42 Å². The second kappa shape index (κ2) is 4.51. The fourth-order valence-corrected chi connectivity index (χ4v) is 2.87. The number of nitriles is 1. The summed E-state index contributed by atoms with van der Waals surface area (Å²) in [7, 11) is 0. The van der Waals surface area contributed by atoms with E-state index in [1.807, 2.05) is 17.7 Å². The predicted molar refractivity (Wildman–Crippen MR) is 61.1 cm³/mol. The highest BCUT2D eigenvalue weighted by atomic mass is 32.1. The standard InChI is InChI=1S/C10H9N3S2/c1-7-5-14-9(12-7)4-10-13-8(2-3-11)6-15-10/h5-6H,2,4H2,1H3.